The molecule has 2 aliphatic rings. The van der Waals surface area contributed by atoms with Gasteiger partial charge in [-0.05, 0) is 18.1 Å². The fourth-order valence-electron chi connectivity index (χ4n) is 2.71. The van der Waals surface area contributed by atoms with Crippen LogP contribution in [0.1, 0.15) is 27.4 Å². The topological polar surface area (TPSA) is 41.1 Å². The summed E-state index contributed by atoms with van der Waals surface area (Å²) in [5.41, 5.74) is 3.19. The van der Waals surface area contributed by atoms with E-state index in [-0.39, 0.29) is 24.4 Å². The van der Waals surface area contributed by atoms with Gasteiger partial charge in [0, 0.05) is 30.6 Å². The molecule has 1 fully saturated rings. The van der Waals surface area contributed by atoms with Crippen LogP contribution in [0.15, 0.2) is 18.2 Å². The Kier molecular flexibility index (Phi) is 2.91. The van der Waals surface area contributed by atoms with Gasteiger partial charge >= 0.3 is 0 Å². The largest absolute Gasteiger partial charge is 0.347 e. The number of hydrogen-bond acceptors (Lipinski definition) is 2. The molecule has 0 bridgehead atoms. The molecule has 3 rings (SSSR count). The summed E-state index contributed by atoms with van der Waals surface area (Å²) in [6.07, 6.45) is 0. The maximum atomic E-state index is 11.9. The van der Waals surface area contributed by atoms with Crippen molar-refractivity contribution in [2.24, 2.45) is 0 Å². The molecule has 2 aliphatic heterocycles. The molecule has 2 N–H and O–H groups in total. The number of fused-ring (bicyclic) bond motifs is 3. The lowest BCUT2D eigenvalue weighted by Gasteiger charge is -2.29. The lowest BCUT2D eigenvalue weighted by atomic mass is 9.84. The van der Waals surface area contributed by atoms with Gasteiger partial charge in [-0.3, -0.25) is 4.79 Å². The molecule has 4 heteroatoms. The fourth-order valence-corrected chi connectivity index (χ4v) is 2.71. The summed E-state index contributed by atoms with van der Waals surface area (Å²) in [6.45, 7) is 3.87. The lowest BCUT2D eigenvalue weighted by Crippen LogP contribution is -2.44. The van der Waals surface area contributed by atoms with Crippen molar-refractivity contribution in [3.05, 3.63) is 34.9 Å². The molecule has 0 radical (unpaired) electrons. The van der Waals surface area contributed by atoms with E-state index in [1.165, 1.54) is 5.56 Å². The van der Waals surface area contributed by atoms with E-state index < -0.39 is 0 Å². The van der Waals surface area contributed by atoms with Gasteiger partial charge in [0.2, 0.25) is 0 Å². The first-order valence-electron chi connectivity index (χ1n) is 5.38. The Balaban J connectivity index is 0.000000963. The molecular formula is C12H15ClN2O. The second kappa shape index (κ2) is 4.07. The molecule has 2 atom stereocenters. The van der Waals surface area contributed by atoms with Gasteiger partial charge < -0.3 is 10.6 Å². The van der Waals surface area contributed by atoms with Crippen molar-refractivity contribution in [1.29, 1.82) is 0 Å². The van der Waals surface area contributed by atoms with Crippen LogP contribution in [0.25, 0.3) is 0 Å². The molecule has 1 saturated heterocycles. The highest BCUT2D eigenvalue weighted by molar-refractivity contribution is 5.99. The average molecular weight is 239 g/mol. The Hall–Kier alpha value is -1.06. The van der Waals surface area contributed by atoms with Gasteiger partial charge in [0.15, 0.2) is 0 Å². The summed E-state index contributed by atoms with van der Waals surface area (Å²) in [4.78, 5) is 11.9. The molecule has 1 aromatic carbocycles. The number of halogens is 1. The molecule has 0 aromatic heterocycles. The zero-order chi connectivity index (χ0) is 10.4. The van der Waals surface area contributed by atoms with Crippen LogP contribution in [0.4, 0.5) is 0 Å². The standard InChI is InChI=1S/C12H14N2O.ClH/c1-7-3-2-4-8-9-5-13-6-10(9)14-12(15)11(7)8;/h2-4,9-10,13H,5-6H2,1H3,(H,14,15);1H/t9-,10+;/m0./s1. The van der Waals surface area contributed by atoms with E-state index in [0.29, 0.717) is 5.92 Å². The second-order valence-corrected chi connectivity index (χ2v) is 4.38. The van der Waals surface area contributed by atoms with Crippen molar-refractivity contribution in [3.63, 3.8) is 0 Å². The van der Waals surface area contributed by atoms with Crippen molar-refractivity contribution in [3.8, 4) is 0 Å². The van der Waals surface area contributed by atoms with Crippen LogP contribution in [0.3, 0.4) is 0 Å². The molecule has 1 aromatic rings. The molecule has 0 saturated carbocycles. The van der Waals surface area contributed by atoms with Crippen LogP contribution in [-0.4, -0.2) is 25.0 Å². The van der Waals surface area contributed by atoms with Crippen LogP contribution in [-0.2, 0) is 0 Å². The zero-order valence-corrected chi connectivity index (χ0v) is 9.93. The number of aryl methyl sites for hydroxylation is 1. The lowest BCUT2D eigenvalue weighted by molar-refractivity contribution is 0.0923. The first kappa shape index (κ1) is 11.4. The Morgan fingerprint density at radius 3 is 2.94 bits per heavy atom. The quantitative estimate of drug-likeness (QED) is 0.714. The van der Waals surface area contributed by atoms with E-state index in [1.54, 1.807) is 0 Å². The van der Waals surface area contributed by atoms with Gasteiger partial charge in [-0.2, -0.15) is 0 Å². The third kappa shape index (κ3) is 1.51. The van der Waals surface area contributed by atoms with Crippen LogP contribution < -0.4 is 10.6 Å². The van der Waals surface area contributed by atoms with E-state index in [2.05, 4.69) is 16.7 Å². The van der Waals surface area contributed by atoms with Crippen LogP contribution in [0.5, 0.6) is 0 Å². The Labute approximate surface area is 101 Å². The summed E-state index contributed by atoms with van der Waals surface area (Å²) in [5.74, 6) is 0.547. The van der Waals surface area contributed by atoms with E-state index >= 15 is 0 Å². The second-order valence-electron chi connectivity index (χ2n) is 4.38. The molecule has 0 aliphatic carbocycles. The molecule has 86 valence electrons. The smallest absolute Gasteiger partial charge is 0.252 e. The predicted molar refractivity (Wildman–Crippen MR) is 65.3 cm³/mol. The molecule has 3 nitrogen and oxygen atoms in total. The summed E-state index contributed by atoms with van der Waals surface area (Å²) in [5, 5.41) is 6.40. The van der Waals surface area contributed by atoms with Gasteiger partial charge in [0.25, 0.3) is 5.91 Å². The van der Waals surface area contributed by atoms with Crippen LogP contribution in [0, 0.1) is 6.92 Å². The number of carbonyl (C=O) groups excluding carboxylic acids is 1. The van der Waals surface area contributed by atoms with E-state index in [0.717, 1.165) is 24.2 Å². The number of nitrogens with one attached hydrogen (secondary N) is 2. The van der Waals surface area contributed by atoms with Gasteiger partial charge in [-0.1, -0.05) is 18.2 Å². The predicted octanol–water partition coefficient (Wildman–Crippen LogP) is 1.22. The van der Waals surface area contributed by atoms with Crippen LogP contribution in [0.2, 0.25) is 0 Å². The molecular weight excluding hydrogens is 224 g/mol. The molecule has 1 amide bonds. The maximum absolute atomic E-state index is 11.9. The minimum Gasteiger partial charge on any atom is -0.347 e. The molecule has 16 heavy (non-hydrogen) atoms. The summed E-state index contributed by atoms with van der Waals surface area (Å²) >= 11 is 0. The van der Waals surface area contributed by atoms with Gasteiger partial charge in [-0.15, -0.1) is 12.4 Å². The summed E-state index contributed by atoms with van der Waals surface area (Å²) < 4.78 is 0. The fraction of sp³-hybridized carbons (Fsp3) is 0.417. The SMILES string of the molecule is Cc1cccc2c1C(=O)N[C@@H]1CNC[C@@H]21.Cl. The van der Waals surface area contributed by atoms with E-state index in [9.17, 15) is 4.79 Å². The third-order valence-electron chi connectivity index (χ3n) is 3.46. The summed E-state index contributed by atoms with van der Waals surface area (Å²) in [7, 11) is 0. The Morgan fingerprint density at radius 1 is 1.31 bits per heavy atom. The highest BCUT2D eigenvalue weighted by atomic mass is 35.5. The number of amides is 1. The minimum absolute atomic E-state index is 0. The minimum atomic E-state index is 0. The third-order valence-corrected chi connectivity index (χ3v) is 3.46. The first-order chi connectivity index (χ1) is 7.27. The van der Waals surface area contributed by atoms with Gasteiger partial charge in [0.1, 0.15) is 0 Å². The first-order valence-corrected chi connectivity index (χ1v) is 5.38. The van der Waals surface area contributed by atoms with Gasteiger partial charge in [-0.25, -0.2) is 0 Å². The van der Waals surface area contributed by atoms with Gasteiger partial charge in [0.05, 0.1) is 0 Å². The highest BCUT2D eigenvalue weighted by Gasteiger charge is 2.37. The van der Waals surface area contributed by atoms with Crippen molar-refractivity contribution in [2.45, 2.75) is 18.9 Å². The van der Waals surface area contributed by atoms with E-state index in [4.69, 9.17) is 0 Å². The van der Waals surface area contributed by atoms with E-state index in [1.807, 2.05) is 19.1 Å². The number of benzene rings is 1. The average Bonchev–Trinajstić information content (AvgIpc) is 2.65. The van der Waals surface area contributed by atoms with Crippen molar-refractivity contribution in [2.75, 3.05) is 13.1 Å². The molecule has 2 heterocycles. The Bertz CT molecular complexity index is 433. The zero-order valence-electron chi connectivity index (χ0n) is 9.12. The van der Waals surface area contributed by atoms with Crippen molar-refractivity contribution >= 4 is 18.3 Å². The molecule has 0 spiro atoms. The summed E-state index contributed by atoms with van der Waals surface area (Å²) in [6, 6.07) is 6.42. The maximum Gasteiger partial charge on any atom is 0.252 e. The van der Waals surface area contributed by atoms with Crippen molar-refractivity contribution < 1.29 is 4.79 Å². The monoisotopic (exact) mass is 238 g/mol. The number of carbonyl (C=O) groups is 1. The number of rotatable bonds is 0. The van der Waals surface area contributed by atoms with Crippen LogP contribution >= 0.6 is 12.4 Å². The van der Waals surface area contributed by atoms with Crippen molar-refractivity contribution in [1.82, 2.24) is 10.6 Å². The highest BCUT2D eigenvalue weighted by Crippen LogP contribution is 2.31. The Morgan fingerprint density at radius 2 is 2.12 bits per heavy atom. The normalized spacial score (nSPS) is 26.4. The molecule has 0 unspecified atom stereocenters. The number of hydrogen-bond donors (Lipinski definition) is 2.